The topological polar surface area (TPSA) is 29.1 Å². The Hall–Kier alpha value is -0.370. The summed E-state index contributed by atoms with van der Waals surface area (Å²) in [5.74, 6) is 2.00. The van der Waals surface area contributed by atoms with Gasteiger partial charge in [-0.15, -0.1) is 0 Å². The average molecular weight is 205 g/mol. The fraction of sp³-hybridized carbons (Fsp3) is 0.923. The van der Waals surface area contributed by atoms with E-state index in [0.717, 1.165) is 25.4 Å². The molecule has 15 heavy (non-hydrogen) atoms. The third-order valence-electron chi connectivity index (χ3n) is 5.87. The van der Waals surface area contributed by atoms with Crippen molar-refractivity contribution in [3.8, 4) is 0 Å². The highest BCUT2D eigenvalue weighted by Gasteiger charge is 2.70. The second-order valence-corrected chi connectivity index (χ2v) is 6.43. The van der Waals surface area contributed by atoms with Gasteiger partial charge in [0.15, 0.2) is 0 Å². The van der Waals surface area contributed by atoms with Crippen molar-refractivity contribution in [2.75, 3.05) is 13.1 Å². The molecule has 82 valence electrons. The van der Waals surface area contributed by atoms with E-state index in [1.54, 1.807) is 0 Å². The molecular formula is C13H19NO. The van der Waals surface area contributed by atoms with Crippen LogP contribution in [-0.2, 0) is 4.79 Å². The molecule has 1 saturated heterocycles. The van der Waals surface area contributed by atoms with Gasteiger partial charge in [-0.2, -0.15) is 0 Å². The minimum absolute atomic E-state index is 0.0862. The molecule has 4 saturated carbocycles. The molecule has 5 fully saturated rings. The van der Waals surface area contributed by atoms with Gasteiger partial charge < -0.3 is 5.32 Å². The number of carbonyl (C=O) groups excluding carboxylic acids is 1. The third-order valence-corrected chi connectivity index (χ3v) is 5.87. The molecule has 4 bridgehead atoms. The summed E-state index contributed by atoms with van der Waals surface area (Å²) in [6.45, 7) is 1.95. The number of hydrogen-bond acceptors (Lipinski definition) is 2. The van der Waals surface area contributed by atoms with Crippen LogP contribution in [0.5, 0.6) is 0 Å². The zero-order valence-electron chi connectivity index (χ0n) is 9.22. The molecule has 2 unspecified atom stereocenters. The largest absolute Gasteiger partial charge is 0.315 e. The Balaban J connectivity index is 1.75. The number of piperidine rings is 1. The number of nitrogens with one attached hydrogen (secondary N) is 1. The van der Waals surface area contributed by atoms with Gasteiger partial charge >= 0.3 is 0 Å². The van der Waals surface area contributed by atoms with Gasteiger partial charge in [0.1, 0.15) is 5.78 Å². The number of fused-ring (bicyclic) bond motifs is 2. The molecular weight excluding hydrogens is 186 g/mol. The summed E-state index contributed by atoms with van der Waals surface area (Å²) in [6.07, 6.45) is 7.73. The summed E-state index contributed by atoms with van der Waals surface area (Å²) in [7, 11) is 0. The molecule has 4 aliphatic carbocycles. The fourth-order valence-corrected chi connectivity index (χ4v) is 4.90. The van der Waals surface area contributed by atoms with Crippen LogP contribution in [-0.4, -0.2) is 18.9 Å². The van der Waals surface area contributed by atoms with E-state index < -0.39 is 0 Å². The lowest BCUT2D eigenvalue weighted by atomic mass is 9.33. The first kappa shape index (κ1) is 8.74. The summed E-state index contributed by atoms with van der Waals surface area (Å²) >= 11 is 0. The standard InChI is InChI=1S/C13H19NO/c15-11-10-2-1-3-13(11,8-14-7-10)12-4-9(5-12)6-12/h9-10,14H,1-8H2. The van der Waals surface area contributed by atoms with Crippen LogP contribution in [0.1, 0.15) is 38.5 Å². The van der Waals surface area contributed by atoms with E-state index in [4.69, 9.17) is 0 Å². The van der Waals surface area contributed by atoms with Crippen molar-refractivity contribution in [3.63, 3.8) is 0 Å². The average Bonchev–Trinajstić information content (AvgIpc) is 2.01. The predicted molar refractivity (Wildman–Crippen MR) is 57.4 cm³/mol. The Bertz CT molecular complexity index is 308. The molecule has 0 aromatic heterocycles. The maximum atomic E-state index is 12.6. The van der Waals surface area contributed by atoms with Crippen LogP contribution in [0, 0.1) is 22.7 Å². The molecule has 2 nitrogen and oxygen atoms in total. The molecule has 2 atom stereocenters. The molecule has 2 heteroatoms. The highest BCUT2D eigenvalue weighted by Crippen LogP contribution is 2.74. The van der Waals surface area contributed by atoms with Crippen molar-refractivity contribution in [2.24, 2.45) is 22.7 Å². The quantitative estimate of drug-likeness (QED) is 0.706. The zero-order chi connectivity index (χ0) is 10.1. The van der Waals surface area contributed by atoms with Crippen LogP contribution < -0.4 is 5.32 Å². The Labute approximate surface area is 90.8 Å². The maximum Gasteiger partial charge on any atom is 0.145 e. The normalized spacial score (nSPS) is 56.9. The number of hydrogen-bond donors (Lipinski definition) is 1. The van der Waals surface area contributed by atoms with Crippen molar-refractivity contribution in [3.05, 3.63) is 0 Å². The third kappa shape index (κ3) is 0.813. The maximum absolute atomic E-state index is 12.6. The highest BCUT2D eigenvalue weighted by molar-refractivity contribution is 5.90. The van der Waals surface area contributed by atoms with Gasteiger partial charge in [-0.3, -0.25) is 4.79 Å². The van der Waals surface area contributed by atoms with Crippen LogP contribution in [0.4, 0.5) is 0 Å². The number of carbonyl (C=O) groups is 1. The van der Waals surface area contributed by atoms with E-state index in [1.165, 1.54) is 32.1 Å². The molecule has 5 aliphatic rings. The van der Waals surface area contributed by atoms with Gasteiger partial charge in [-0.05, 0) is 43.4 Å². The van der Waals surface area contributed by atoms with E-state index >= 15 is 0 Å². The zero-order valence-corrected chi connectivity index (χ0v) is 9.22. The van der Waals surface area contributed by atoms with E-state index in [0.29, 0.717) is 17.1 Å². The van der Waals surface area contributed by atoms with E-state index in [9.17, 15) is 4.79 Å². The molecule has 5 rings (SSSR count). The van der Waals surface area contributed by atoms with Gasteiger partial charge in [-0.25, -0.2) is 0 Å². The van der Waals surface area contributed by atoms with Gasteiger partial charge in [0.05, 0.1) is 0 Å². The smallest absolute Gasteiger partial charge is 0.145 e. The lowest BCUT2D eigenvalue weighted by molar-refractivity contribution is -0.215. The van der Waals surface area contributed by atoms with Crippen molar-refractivity contribution in [1.29, 1.82) is 0 Å². The molecule has 1 aliphatic heterocycles. The predicted octanol–water partition coefficient (Wildman–Crippen LogP) is 1.75. The lowest BCUT2D eigenvalue weighted by Gasteiger charge is -2.71. The van der Waals surface area contributed by atoms with Crippen LogP contribution in [0.25, 0.3) is 0 Å². The summed E-state index contributed by atoms with van der Waals surface area (Å²) in [6, 6.07) is 0. The van der Waals surface area contributed by atoms with Gasteiger partial charge in [0.25, 0.3) is 0 Å². The first-order chi connectivity index (χ1) is 7.26. The minimum atomic E-state index is 0.0862. The van der Waals surface area contributed by atoms with Crippen molar-refractivity contribution < 1.29 is 4.79 Å². The molecule has 0 aromatic rings. The molecule has 0 aromatic carbocycles. The highest BCUT2D eigenvalue weighted by atomic mass is 16.1. The number of Topliss-reactive ketones (excluding diaryl/α,β-unsaturated/α-hetero) is 1. The second kappa shape index (κ2) is 2.48. The SMILES string of the molecule is O=C1C2CCCC1(C13CC(C1)C3)CNC2. The van der Waals surface area contributed by atoms with Gasteiger partial charge in [0.2, 0.25) is 0 Å². The molecule has 0 radical (unpaired) electrons. The first-order valence-corrected chi connectivity index (χ1v) is 6.51. The number of rotatable bonds is 1. The van der Waals surface area contributed by atoms with Crippen molar-refractivity contribution >= 4 is 5.78 Å². The van der Waals surface area contributed by atoms with E-state index in [1.807, 2.05) is 0 Å². The first-order valence-electron chi connectivity index (χ1n) is 6.51. The molecule has 1 N–H and O–H groups in total. The van der Waals surface area contributed by atoms with E-state index in [-0.39, 0.29) is 5.41 Å². The Kier molecular flexibility index (Phi) is 1.44. The monoisotopic (exact) mass is 205 g/mol. The van der Waals surface area contributed by atoms with E-state index in [2.05, 4.69) is 5.32 Å². The Morgan fingerprint density at radius 1 is 1.27 bits per heavy atom. The van der Waals surface area contributed by atoms with Crippen LogP contribution in [0.2, 0.25) is 0 Å². The molecule has 1 heterocycles. The summed E-state index contributed by atoms with van der Waals surface area (Å²) in [5.41, 5.74) is 0.559. The molecule has 0 spiro atoms. The van der Waals surface area contributed by atoms with Crippen LogP contribution >= 0.6 is 0 Å². The summed E-state index contributed by atoms with van der Waals surface area (Å²) in [5, 5.41) is 3.54. The Morgan fingerprint density at radius 2 is 2.07 bits per heavy atom. The Morgan fingerprint density at radius 3 is 2.73 bits per heavy atom. The molecule has 0 amide bonds. The van der Waals surface area contributed by atoms with Crippen molar-refractivity contribution in [1.82, 2.24) is 5.32 Å². The van der Waals surface area contributed by atoms with Gasteiger partial charge in [-0.1, -0.05) is 6.42 Å². The summed E-state index contributed by atoms with van der Waals surface area (Å²) < 4.78 is 0. The summed E-state index contributed by atoms with van der Waals surface area (Å²) in [4.78, 5) is 12.6. The lowest BCUT2D eigenvalue weighted by Crippen LogP contribution is -2.71. The van der Waals surface area contributed by atoms with Gasteiger partial charge in [0, 0.05) is 24.4 Å². The van der Waals surface area contributed by atoms with Crippen LogP contribution in [0.15, 0.2) is 0 Å². The second-order valence-electron chi connectivity index (χ2n) is 6.43. The van der Waals surface area contributed by atoms with Crippen molar-refractivity contribution in [2.45, 2.75) is 38.5 Å². The number of ketones is 1. The minimum Gasteiger partial charge on any atom is -0.315 e. The van der Waals surface area contributed by atoms with Crippen LogP contribution in [0.3, 0.4) is 0 Å². The fourth-order valence-electron chi connectivity index (χ4n) is 4.90.